The van der Waals surface area contributed by atoms with Gasteiger partial charge in [0.05, 0.1) is 16.5 Å². The molecule has 1 fully saturated rings. The average Bonchev–Trinajstić information content (AvgIpc) is 2.86. The van der Waals surface area contributed by atoms with Crippen LogP contribution in [0, 0.1) is 10.1 Å². The zero-order valence-corrected chi connectivity index (χ0v) is 21.4. The maximum Gasteiger partial charge on any atom is 0.281 e. The number of non-ortho nitro benzene ring substituents is 1. The van der Waals surface area contributed by atoms with Crippen LogP contribution in [0.3, 0.4) is 0 Å². The van der Waals surface area contributed by atoms with E-state index in [2.05, 4.69) is 10.7 Å². The monoisotopic (exact) mass is 543 g/mol. The Morgan fingerprint density at radius 3 is 2.35 bits per heavy atom. The van der Waals surface area contributed by atoms with Crippen molar-refractivity contribution in [2.45, 2.75) is 12.1 Å². The van der Waals surface area contributed by atoms with Gasteiger partial charge in [-0.1, -0.05) is 35.3 Å². The molecule has 3 aromatic carbocycles. The summed E-state index contributed by atoms with van der Waals surface area (Å²) in [6.45, 7) is -0.219. The lowest BCUT2D eigenvalue weighted by molar-refractivity contribution is -0.384. The summed E-state index contributed by atoms with van der Waals surface area (Å²) in [6, 6.07) is 17.3. The van der Waals surface area contributed by atoms with E-state index in [1.807, 2.05) is 43.3 Å². The van der Waals surface area contributed by atoms with Gasteiger partial charge in [-0.05, 0) is 48.0 Å². The smallest absolute Gasteiger partial charge is 0.281 e. The summed E-state index contributed by atoms with van der Waals surface area (Å²) in [5.74, 6) is -0.501. The van der Waals surface area contributed by atoms with E-state index in [-0.39, 0.29) is 23.2 Å². The molecule has 12 heteroatoms. The Morgan fingerprint density at radius 1 is 1.08 bits per heavy atom. The van der Waals surface area contributed by atoms with Gasteiger partial charge in [0.1, 0.15) is 11.8 Å². The molecule has 1 aliphatic rings. The molecule has 37 heavy (non-hydrogen) atoms. The highest BCUT2D eigenvalue weighted by atomic mass is 35.5. The Hall–Kier alpha value is -3.86. The fourth-order valence-electron chi connectivity index (χ4n) is 3.78. The number of hydrogen-bond donors (Lipinski definition) is 2. The minimum Gasteiger partial charge on any atom is -0.476 e. The summed E-state index contributed by atoms with van der Waals surface area (Å²) in [7, 11) is 3.85. The van der Waals surface area contributed by atoms with Crippen molar-refractivity contribution in [3.63, 3.8) is 0 Å². The Kier molecular flexibility index (Phi) is 7.82. The Morgan fingerprint density at radius 2 is 1.76 bits per heavy atom. The van der Waals surface area contributed by atoms with Crippen molar-refractivity contribution in [1.82, 2.24) is 10.4 Å². The van der Waals surface area contributed by atoms with Crippen molar-refractivity contribution in [2.75, 3.05) is 30.9 Å². The normalized spacial score (nSPS) is 16.6. The van der Waals surface area contributed by atoms with Gasteiger partial charge in [-0.3, -0.25) is 24.7 Å². The number of carbonyl (C=O) groups is 2. The van der Waals surface area contributed by atoms with E-state index in [1.54, 1.807) is 12.1 Å². The third kappa shape index (κ3) is 5.93. The van der Waals surface area contributed by atoms with Crippen LogP contribution in [0.1, 0.15) is 11.6 Å². The topological polar surface area (TPSA) is 117 Å². The van der Waals surface area contributed by atoms with Crippen molar-refractivity contribution in [2.24, 2.45) is 0 Å². The molecule has 0 bridgehead atoms. The molecule has 0 aliphatic carbocycles. The SMILES string of the molecule is CN(C)c1ccc(C2C(Oc3ccc(Cl)cc3Cl)C(=O)N2NCC(=O)Nc2ccc([N+](=O)[O-])cc2)cc1. The molecule has 192 valence electrons. The van der Waals surface area contributed by atoms with Crippen molar-refractivity contribution >= 4 is 52.1 Å². The van der Waals surface area contributed by atoms with Crippen LogP contribution >= 0.6 is 23.2 Å². The maximum absolute atomic E-state index is 13.0. The molecular formula is C25H23Cl2N5O5. The zero-order chi connectivity index (χ0) is 26.7. The van der Waals surface area contributed by atoms with Crippen LogP contribution in [-0.2, 0) is 9.59 Å². The number of rotatable bonds is 9. The highest BCUT2D eigenvalue weighted by molar-refractivity contribution is 6.35. The molecule has 2 amide bonds. The Balaban J connectivity index is 1.48. The molecule has 3 aromatic rings. The number of ether oxygens (including phenoxy) is 1. The maximum atomic E-state index is 13.0. The average molecular weight is 544 g/mol. The number of hydrazine groups is 1. The quantitative estimate of drug-likeness (QED) is 0.232. The number of nitro benzene ring substituents is 1. The number of nitro groups is 1. The highest BCUT2D eigenvalue weighted by Gasteiger charge is 2.51. The largest absolute Gasteiger partial charge is 0.476 e. The standard InChI is InChI=1S/C25H23Cl2N5O5/c1-30(2)18-8-3-15(4-9-18)23-24(37-21-12-5-16(26)13-20(21)27)25(34)31(23)28-14-22(33)29-17-6-10-19(11-7-17)32(35)36/h3-13,23-24,28H,14H2,1-2H3,(H,29,33). The van der Waals surface area contributed by atoms with Crippen molar-refractivity contribution < 1.29 is 19.2 Å². The molecule has 1 aliphatic heterocycles. The Bertz CT molecular complexity index is 1320. The minimum atomic E-state index is -0.880. The molecule has 4 rings (SSSR count). The van der Waals surface area contributed by atoms with Crippen LogP contribution in [0.4, 0.5) is 17.1 Å². The third-order valence-corrected chi connectivity index (χ3v) is 6.25. The van der Waals surface area contributed by atoms with Gasteiger partial charge < -0.3 is 15.0 Å². The van der Waals surface area contributed by atoms with E-state index in [0.717, 1.165) is 11.3 Å². The zero-order valence-electron chi connectivity index (χ0n) is 19.9. The molecule has 10 nitrogen and oxygen atoms in total. The van der Waals surface area contributed by atoms with Gasteiger partial charge in [-0.25, -0.2) is 5.43 Å². The molecule has 0 saturated carbocycles. The second-order valence-electron chi connectivity index (χ2n) is 8.44. The first kappa shape index (κ1) is 26.2. The molecule has 2 N–H and O–H groups in total. The second kappa shape index (κ2) is 11.0. The number of nitrogens with zero attached hydrogens (tertiary/aromatic N) is 3. The van der Waals surface area contributed by atoms with E-state index in [1.165, 1.54) is 35.3 Å². The van der Waals surface area contributed by atoms with E-state index in [4.69, 9.17) is 27.9 Å². The Labute approximate surface area is 222 Å². The van der Waals surface area contributed by atoms with Gasteiger partial charge in [0.15, 0.2) is 0 Å². The summed E-state index contributed by atoms with van der Waals surface area (Å²) in [5.41, 5.74) is 4.94. The predicted molar refractivity (Wildman–Crippen MR) is 141 cm³/mol. The first-order valence-electron chi connectivity index (χ1n) is 11.1. The van der Waals surface area contributed by atoms with Gasteiger partial charge in [-0.2, -0.15) is 0 Å². The van der Waals surface area contributed by atoms with Crippen molar-refractivity contribution in [1.29, 1.82) is 0 Å². The van der Waals surface area contributed by atoms with Crippen LogP contribution in [0.5, 0.6) is 5.75 Å². The first-order valence-corrected chi connectivity index (χ1v) is 11.9. The number of benzene rings is 3. The van der Waals surface area contributed by atoms with E-state index in [9.17, 15) is 19.7 Å². The number of carbonyl (C=O) groups excluding carboxylic acids is 2. The van der Waals surface area contributed by atoms with Crippen LogP contribution in [0.15, 0.2) is 66.7 Å². The number of anilines is 2. The third-order valence-electron chi connectivity index (χ3n) is 5.72. The van der Waals surface area contributed by atoms with Crippen LogP contribution in [0.2, 0.25) is 10.0 Å². The fourth-order valence-corrected chi connectivity index (χ4v) is 4.24. The van der Waals surface area contributed by atoms with Gasteiger partial charge in [0, 0.05) is 42.6 Å². The number of hydrogen-bond acceptors (Lipinski definition) is 7. The number of β-lactam (4-membered cyclic amide) rings is 1. The molecule has 0 spiro atoms. The summed E-state index contributed by atoms with van der Waals surface area (Å²) >= 11 is 12.2. The lowest BCUT2D eigenvalue weighted by atomic mass is 9.92. The molecular weight excluding hydrogens is 521 g/mol. The summed E-state index contributed by atoms with van der Waals surface area (Å²) < 4.78 is 5.97. The summed E-state index contributed by atoms with van der Waals surface area (Å²) in [5, 5.41) is 15.5. The summed E-state index contributed by atoms with van der Waals surface area (Å²) in [4.78, 5) is 37.8. The number of halogens is 2. The van der Waals surface area contributed by atoms with E-state index >= 15 is 0 Å². The molecule has 1 heterocycles. The second-order valence-corrected chi connectivity index (χ2v) is 9.28. The van der Waals surface area contributed by atoms with Crippen LogP contribution in [-0.4, -0.2) is 48.5 Å². The molecule has 2 unspecified atom stereocenters. The summed E-state index contributed by atoms with van der Waals surface area (Å²) in [6.07, 6.45) is -0.880. The van der Waals surface area contributed by atoms with E-state index in [0.29, 0.717) is 16.5 Å². The van der Waals surface area contributed by atoms with Crippen LogP contribution in [0.25, 0.3) is 0 Å². The van der Waals surface area contributed by atoms with Crippen molar-refractivity contribution in [3.8, 4) is 5.75 Å². The number of amides is 2. The predicted octanol–water partition coefficient (Wildman–Crippen LogP) is 4.44. The molecule has 2 atom stereocenters. The van der Waals surface area contributed by atoms with E-state index < -0.39 is 23.0 Å². The molecule has 0 aromatic heterocycles. The molecule has 0 radical (unpaired) electrons. The minimum absolute atomic E-state index is 0.0859. The van der Waals surface area contributed by atoms with Gasteiger partial charge >= 0.3 is 0 Å². The highest BCUT2D eigenvalue weighted by Crippen LogP contribution is 2.39. The van der Waals surface area contributed by atoms with Crippen LogP contribution < -0.4 is 20.4 Å². The van der Waals surface area contributed by atoms with Gasteiger partial charge in [-0.15, -0.1) is 0 Å². The lowest BCUT2D eigenvalue weighted by Crippen LogP contribution is -2.66. The fraction of sp³-hybridized carbons (Fsp3) is 0.200. The van der Waals surface area contributed by atoms with Gasteiger partial charge in [0.25, 0.3) is 11.6 Å². The van der Waals surface area contributed by atoms with Crippen molar-refractivity contribution in [3.05, 3.63) is 92.5 Å². The molecule has 1 saturated heterocycles. The number of nitrogens with one attached hydrogen (secondary N) is 2. The lowest BCUT2D eigenvalue weighted by Gasteiger charge is -2.46. The first-order chi connectivity index (χ1) is 17.6. The van der Waals surface area contributed by atoms with Gasteiger partial charge in [0.2, 0.25) is 12.0 Å².